The first-order valence-electron chi connectivity index (χ1n) is 6.58. The molecule has 0 saturated carbocycles. The summed E-state index contributed by atoms with van der Waals surface area (Å²) in [5.74, 6) is 0.512. The van der Waals surface area contributed by atoms with Gasteiger partial charge < -0.3 is 14.4 Å². The van der Waals surface area contributed by atoms with E-state index in [1.54, 1.807) is 7.11 Å². The molecule has 0 saturated heterocycles. The number of carboxylic acid groups (broad SMARTS) is 1. The van der Waals surface area contributed by atoms with E-state index in [1.807, 2.05) is 28.8 Å². The van der Waals surface area contributed by atoms with Crippen molar-refractivity contribution >= 4 is 17.7 Å². The number of benzene rings is 1. The predicted octanol–water partition coefficient (Wildman–Crippen LogP) is 2.54. The molecule has 1 heterocycles. The Bertz CT molecular complexity index is 628. The van der Waals surface area contributed by atoms with Gasteiger partial charge in [0.05, 0.1) is 18.4 Å². The Morgan fingerprint density at radius 1 is 1.38 bits per heavy atom. The van der Waals surface area contributed by atoms with Gasteiger partial charge >= 0.3 is 5.97 Å². The lowest BCUT2D eigenvalue weighted by Gasteiger charge is -2.11. The third-order valence-electron chi connectivity index (χ3n) is 2.84. The number of ether oxygens (including phenoxy) is 1. The molecule has 2 aromatic rings. The summed E-state index contributed by atoms with van der Waals surface area (Å²) in [6, 6.07) is 7.58. The van der Waals surface area contributed by atoms with Gasteiger partial charge in [-0.2, -0.15) is 0 Å². The normalized spacial score (nSPS) is 10.6. The summed E-state index contributed by atoms with van der Waals surface area (Å²) >= 11 is 1.17. The number of aliphatic carboxylic acids is 1. The number of hydrogen-bond donors (Lipinski definition) is 1. The average Bonchev–Trinajstić information content (AvgIpc) is 2.88. The molecule has 1 N–H and O–H groups in total. The van der Waals surface area contributed by atoms with Crippen LogP contribution in [0, 0.1) is 0 Å². The van der Waals surface area contributed by atoms with Crippen molar-refractivity contribution in [2.24, 2.45) is 0 Å². The third-order valence-corrected chi connectivity index (χ3v) is 3.79. The highest BCUT2D eigenvalue weighted by Gasteiger charge is 2.17. The number of carboxylic acids is 1. The van der Waals surface area contributed by atoms with Crippen LogP contribution in [0.4, 0.5) is 0 Å². The van der Waals surface area contributed by atoms with E-state index in [9.17, 15) is 4.79 Å². The van der Waals surface area contributed by atoms with E-state index in [4.69, 9.17) is 9.84 Å². The molecule has 1 aromatic heterocycles. The fourth-order valence-corrected chi connectivity index (χ4v) is 2.66. The number of para-hydroxylation sites is 1. The van der Waals surface area contributed by atoms with Crippen molar-refractivity contribution in [1.82, 2.24) is 14.8 Å². The van der Waals surface area contributed by atoms with Crippen LogP contribution in [0.2, 0.25) is 0 Å². The molecule has 0 unspecified atom stereocenters. The van der Waals surface area contributed by atoms with Crippen molar-refractivity contribution in [3.05, 3.63) is 24.3 Å². The topological polar surface area (TPSA) is 77.2 Å². The Hall–Kier alpha value is -2.02. The summed E-state index contributed by atoms with van der Waals surface area (Å²) in [5.41, 5.74) is 0.850. The minimum Gasteiger partial charge on any atom is -0.496 e. The van der Waals surface area contributed by atoms with Crippen LogP contribution >= 0.6 is 11.8 Å². The zero-order valence-corrected chi connectivity index (χ0v) is 12.8. The minimum atomic E-state index is -0.870. The fraction of sp³-hybridized carbons (Fsp3) is 0.357. The molecule has 0 fully saturated rings. The van der Waals surface area contributed by atoms with Crippen LogP contribution in [0.15, 0.2) is 29.4 Å². The van der Waals surface area contributed by atoms with Crippen molar-refractivity contribution in [3.8, 4) is 17.1 Å². The summed E-state index contributed by atoms with van der Waals surface area (Å²) in [6.07, 6.45) is 0.904. The maximum absolute atomic E-state index is 10.7. The molecule has 2 rings (SSSR count). The van der Waals surface area contributed by atoms with Crippen LogP contribution < -0.4 is 4.74 Å². The van der Waals surface area contributed by atoms with Crippen molar-refractivity contribution in [1.29, 1.82) is 0 Å². The van der Waals surface area contributed by atoms with E-state index in [-0.39, 0.29) is 5.75 Å². The molecule has 0 aliphatic carbocycles. The molecule has 6 nitrogen and oxygen atoms in total. The lowest BCUT2D eigenvalue weighted by Crippen LogP contribution is -2.05. The second-order valence-corrected chi connectivity index (χ2v) is 5.28. The highest BCUT2D eigenvalue weighted by atomic mass is 32.2. The Morgan fingerprint density at radius 2 is 2.14 bits per heavy atom. The predicted molar refractivity (Wildman–Crippen MR) is 80.7 cm³/mol. The summed E-state index contributed by atoms with van der Waals surface area (Å²) in [7, 11) is 1.61. The molecule has 1 aromatic carbocycles. The first-order valence-corrected chi connectivity index (χ1v) is 7.57. The van der Waals surface area contributed by atoms with E-state index >= 15 is 0 Å². The molecule has 0 aliphatic heterocycles. The van der Waals surface area contributed by atoms with Crippen molar-refractivity contribution in [2.75, 3.05) is 12.9 Å². The van der Waals surface area contributed by atoms with Gasteiger partial charge in [-0.1, -0.05) is 30.8 Å². The second-order valence-electron chi connectivity index (χ2n) is 4.34. The van der Waals surface area contributed by atoms with Crippen LogP contribution in [0.5, 0.6) is 5.75 Å². The first kappa shape index (κ1) is 15.4. The lowest BCUT2D eigenvalue weighted by atomic mass is 10.2. The Morgan fingerprint density at radius 3 is 2.81 bits per heavy atom. The van der Waals surface area contributed by atoms with E-state index in [0.717, 1.165) is 24.3 Å². The Balaban J connectivity index is 2.41. The van der Waals surface area contributed by atoms with Gasteiger partial charge in [0.1, 0.15) is 5.75 Å². The molecule has 0 atom stereocenters. The van der Waals surface area contributed by atoms with Gasteiger partial charge in [-0.15, -0.1) is 10.2 Å². The standard InChI is InChI=1S/C14H17N3O3S/c1-3-8-17-13(10-6-4-5-7-11(10)20-2)15-16-14(17)21-9-12(18)19/h4-7H,3,8-9H2,1-2H3,(H,18,19). The number of nitrogens with zero attached hydrogens (tertiary/aromatic N) is 3. The van der Waals surface area contributed by atoms with Crippen molar-refractivity contribution in [3.63, 3.8) is 0 Å². The van der Waals surface area contributed by atoms with Crippen molar-refractivity contribution in [2.45, 2.75) is 25.0 Å². The summed E-state index contributed by atoms with van der Waals surface area (Å²) in [6.45, 7) is 2.78. The maximum atomic E-state index is 10.7. The second kappa shape index (κ2) is 7.12. The van der Waals surface area contributed by atoms with Gasteiger partial charge in [0.2, 0.25) is 0 Å². The summed E-state index contributed by atoms with van der Waals surface area (Å²) in [4.78, 5) is 10.7. The van der Waals surface area contributed by atoms with Gasteiger partial charge in [0.25, 0.3) is 0 Å². The van der Waals surface area contributed by atoms with Crippen LogP contribution in [0.1, 0.15) is 13.3 Å². The number of rotatable bonds is 7. The molecule has 112 valence electrons. The molecule has 0 bridgehead atoms. The van der Waals surface area contributed by atoms with E-state index in [2.05, 4.69) is 17.1 Å². The van der Waals surface area contributed by atoms with E-state index < -0.39 is 5.97 Å². The van der Waals surface area contributed by atoms with E-state index in [1.165, 1.54) is 11.8 Å². The van der Waals surface area contributed by atoms with Crippen molar-refractivity contribution < 1.29 is 14.6 Å². The molecule has 0 spiro atoms. The van der Waals surface area contributed by atoms with Gasteiger partial charge in [-0.25, -0.2) is 0 Å². The van der Waals surface area contributed by atoms with Crippen LogP contribution in [-0.2, 0) is 11.3 Å². The number of aromatic nitrogens is 3. The maximum Gasteiger partial charge on any atom is 0.313 e. The minimum absolute atomic E-state index is 0.0340. The van der Waals surface area contributed by atoms with Crippen LogP contribution in [0.25, 0.3) is 11.4 Å². The SMILES string of the molecule is CCCn1c(SCC(=O)O)nnc1-c1ccccc1OC. The summed E-state index contributed by atoms with van der Waals surface area (Å²) < 4.78 is 7.29. The largest absolute Gasteiger partial charge is 0.496 e. The molecular formula is C14H17N3O3S. The summed E-state index contributed by atoms with van der Waals surface area (Å²) in [5, 5.41) is 17.7. The van der Waals surface area contributed by atoms with E-state index in [0.29, 0.717) is 11.0 Å². The average molecular weight is 307 g/mol. The Labute approximate surface area is 127 Å². The monoisotopic (exact) mass is 307 g/mol. The highest BCUT2D eigenvalue weighted by Crippen LogP contribution is 2.30. The molecule has 0 amide bonds. The van der Waals surface area contributed by atoms with Crippen LogP contribution in [-0.4, -0.2) is 38.7 Å². The number of hydrogen-bond acceptors (Lipinski definition) is 5. The molecular weight excluding hydrogens is 290 g/mol. The number of thioether (sulfide) groups is 1. The molecule has 0 radical (unpaired) electrons. The molecule has 7 heteroatoms. The fourth-order valence-electron chi connectivity index (χ4n) is 1.98. The first-order chi connectivity index (χ1) is 10.2. The van der Waals surface area contributed by atoms with Gasteiger partial charge in [0, 0.05) is 6.54 Å². The molecule has 21 heavy (non-hydrogen) atoms. The smallest absolute Gasteiger partial charge is 0.313 e. The zero-order valence-electron chi connectivity index (χ0n) is 11.9. The highest BCUT2D eigenvalue weighted by molar-refractivity contribution is 7.99. The lowest BCUT2D eigenvalue weighted by molar-refractivity contribution is -0.133. The Kier molecular flexibility index (Phi) is 5.21. The third kappa shape index (κ3) is 3.55. The number of carbonyl (C=O) groups is 1. The van der Waals surface area contributed by atoms with Crippen LogP contribution in [0.3, 0.4) is 0 Å². The van der Waals surface area contributed by atoms with Gasteiger partial charge in [-0.05, 0) is 18.6 Å². The molecule has 0 aliphatic rings. The quantitative estimate of drug-likeness (QED) is 0.792. The van der Waals surface area contributed by atoms with Gasteiger partial charge in [0.15, 0.2) is 11.0 Å². The van der Waals surface area contributed by atoms with Gasteiger partial charge in [-0.3, -0.25) is 4.79 Å². The zero-order chi connectivity index (χ0) is 15.2. The number of methoxy groups -OCH3 is 1.